The first-order valence-electron chi connectivity index (χ1n) is 17.1. The topological polar surface area (TPSA) is 258 Å². The lowest BCUT2D eigenvalue weighted by Crippen LogP contribution is -2.20. The minimum absolute atomic E-state index is 0.0607. The van der Waals surface area contributed by atoms with Crippen molar-refractivity contribution in [2.24, 2.45) is 11.5 Å². The summed E-state index contributed by atoms with van der Waals surface area (Å²) in [7, 11) is 0. The van der Waals surface area contributed by atoms with Crippen molar-refractivity contribution < 1.29 is 37.5 Å². The summed E-state index contributed by atoms with van der Waals surface area (Å²) in [6, 6.07) is 23.6. The average Bonchev–Trinajstić information content (AvgIpc) is 3.78. The quantitative estimate of drug-likeness (QED) is 0.0695. The van der Waals surface area contributed by atoms with E-state index in [1.54, 1.807) is 73.1 Å². The third kappa shape index (κ3) is 10.5. The zero-order chi connectivity index (χ0) is 41.9. The van der Waals surface area contributed by atoms with Gasteiger partial charge in [-0.1, -0.05) is 48.5 Å². The molecule has 6 aromatic rings. The molecule has 0 unspecified atom stereocenters. The number of halogens is 2. The number of amides is 8. The fourth-order valence-electron chi connectivity index (χ4n) is 5.52. The number of H-pyrrole nitrogens is 2. The van der Waals surface area contributed by atoms with Crippen LogP contribution in [0.3, 0.4) is 0 Å². The molecule has 0 fully saturated rings. The first-order valence-corrected chi connectivity index (χ1v) is 17.1. The molecule has 0 saturated carbocycles. The third-order valence-corrected chi connectivity index (χ3v) is 8.01. The van der Waals surface area contributed by atoms with Crippen LogP contribution in [0.1, 0.15) is 34.6 Å². The zero-order valence-corrected chi connectivity index (χ0v) is 30.8. The van der Waals surface area contributed by atoms with Crippen LogP contribution in [-0.2, 0) is 9.59 Å². The van der Waals surface area contributed by atoms with Gasteiger partial charge >= 0.3 is 12.1 Å². The highest BCUT2D eigenvalue weighted by molar-refractivity contribution is 6.09. The molecule has 0 aliphatic heterocycles. The molecule has 0 bridgehead atoms. The van der Waals surface area contributed by atoms with Crippen molar-refractivity contribution in [3.8, 4) is 22.3 Å². The number of aromatic amines is 2. The molecular formula is C40H36F2N10O6. The summed E-state index contributed by atoms with van der Waals surface area (Å²) >= 11 is 0. The number of anilines is 6. The number of carbonyl (C=O) groups is 6. The zero-order valence-electron chi connectivity index (χ0n) is 30.8. The Balaban J connectivity index is 0.000000221. The molecule has 4 aromatic carbocycles. The second-order valence-electron chi connectivity index (χ2n) is 12.3. The van der Waals surface area contributed by atoms with Crippen molar-refractivity contribution in [1.29, 1.82) is 0 Å². The summed E-state index contributed by atoms with van der Waals surface area (Å²) < 4.78 is 27.2. The van der Waals surface area contributed by atoms with Gasteiger partial charge in [-0.15, -0.1) is 0 Å². The van der Waals surface area contributed by atoms with Crippen LogP contribution in [0.15, 0.2) is 109 Å². The fraction of sp³-hybridized carbons (Fsp3) is 0.0500. The van der Waals surface area contributed by atoms with Crippen molar-refractivity contribution in [3.05, 3.63) is 132 Å². The van der Waals surface area contributed by atoms with Gasteiger partial charge in [0.05, 0.1) is 22.5 Å². The number of para-hydroxylation sites is 2. The van der Waals surface area contributed by atoms with Crippen LogP contribution >= 0.6 is 0 Å². The van der Waals surface area contributed by atoms with Crippen LogP contribution in [0.2, 0.25) is 0 Å². The Morgan fingerprint density at radius 1 is 0.483 bits per heavy atom. The van der Waals surface area contributed by atoms with Gasteiger partial charge in [0.1, 0.15) is 23.3 Å². The Bertz CT molecular complexity index is 2330. The number of urea groups is 2. The second kappa shape index (κ2) is 18.4. The van der Waals surface area contributed by atoms with Crippen LogP contribution in [0, 0.1) is 11.6 Å². The number of hydrogen-bond donors (Lipinski definition) is 10. The first kappa shape index (κ1) is 40.9. The minimum Gasteiger partial charge on any atom is -0.365 e. The van der Waals surface area contributed by atoms with Crippen molar-refractivity contribution in [1.82, 2.24) is 9.97 Å². The van der Waals surface area contributed by atoms with Crippen molar-refractivity contribution in [2.75, 3.05) is 31.9 Å². The second-order valence-corrected chi connectivity index (χ2v) is 12.3. The van der Waals surface area contributed by atoms with E-state index in [1.807, 2.05) is 0 Å². The highest BCUT2D eigenvalue weighted by atomic mass is 19.1. The lowest BCUT2D eigenvalue weighted by Gasteiger charge is -2.09. The number of aromatic nitrogens is 2. The van der Waals surface area contributed by atoms with Crippen LogP contribution in [0.4, 0.5) is 52.8 Å². The Hall–Kier alpha value is -8.28. The monoisotopic (exact) mass is 790 g/mol. The summed E-state index contributed by atoms with van der Waals surface area (Å²) in [5.74, 6) is -2.74. The van der Waals surface area contributed by atoms with Gasteiger partial charge in [-0.2, -0.15) is 0 Å². The molecule has 16 nitrogen and oxygen atoms in total. The molecule has 296 valence electrons. The van der Waals surface area contributed by atoms with Gasteiger partial charge in [0.25, 0.3) is 11.8 Å². The van der Waals surface area contributed by atoms with Gasteiger partial charge in [0.15, 0.2) is 0 Å². The van der Waals surface area contributed by atoms with Crippen LogP contribution in [-0.4, -0.2) is 45.7 Å². The normalized spacial score (nSPS) is 10.3. The van der Waals surface area contributed by atoms with E-state index >= 15 is 0 Å². The fourth-order valence-corrected chi connectivity index (χ4v) is 5.52. The molecule has 0 spiro atoms. The maximum absolute atomic E-state index is 13.6. The first-order chi connectivity index (χ1) is 27.7. The lowest BCUT2D eigenvalue weighted by molar-refractivity contribution is -0.115. The number of hydrogen-bond acceptors (Lipinski definition) is 6. The predicted molar refractivity (Wildman–Crippen MR) is 216 cm³/mol. The number of benzene rings is 4. The molecule has 0 aliphatic rings. The van der Waals surface area contributed by atoms with Gasteiger partial charge < -0.3 is 53.3 Å². The summed E-state index contributed by atoms with van der Waals surface area (Å²) in [6.07, 6.45) is 3.11. The lowest BCUT2D eigenvalue weighted by atomic mass is 10.0. The highest BCUT2D eigenvalue weighted by Crippen LogP contribution is 2.31. The van der Waals surface area contributed by atoms with Crippen LogP contribution in [0.5, 0.6) is 0 Å². The van der Waals surface area contributed by atoms with E-state index in [2.05, 4.69) is 41.9 Å². The molecule has 0 radical (unpaired) electrons. The molecule has 0 aliphatic carbocycles. The summed E-state index contributed by atoms with van der Waals surface area (Å²) in [6.45, 7) is 2.64. The number of nitrogens with two attached hydrogens (primary N) is 2. The maximum Gasteiger partial charge on any atom is 0.323 e. The van der Waals surface area contributed by atoms with Crippen LogP contribution in [0.25, 0.3) is 22.3 Å². The SMILES string of the molecule is CC(=O)Nc1[nH]cc(-c2ccc(NC(=O)Nc3ccccc3F)cc2)c1C(N)=O.CC(=O)Nc1[nH]cc(-c2ccc(NC(=O)Nc3ccccc3F)cc2)c1C(N)=O. The summed E-state index contributed by atoms with van der Waals surface area (Å²) in [5, 5.41) is 15.1. The Morgan fingerprint density at radius 3 is 1.14 bits per heavy atom. The van der Waals surface area contributed by atoms with E-state index in [9.17, 15) is 37.5 Å². The molecule has 2 aromatic heterocycles. The number of rotatable bonds is 10. The maximum atomic E-state index is 13.6. The van der Waals surface area contributed by atoms with Gasteiger partial charge in [-0.25, -0.2) is 18.4 Å². The minimum atomic E-state index is -0.698. The van der Waals surface area contributed by atoms with Crippen molar-refractivity contribution in [3.63, 3.8) is 0 Å². The van der Waals surface area contributed by atoms with Gasteiger partial charge in [-0.05, 0) is 59.7 Å². The smallest absolute Gasteiger partial charge is 0.323 e. The van der Waals surface area contributed by atoms with Gasteiger partial charge in [0, 0.05) is 48.7 Å². The molecular weight excluding hydrogens is 754 g/mol. The Kier molecular flexibility index (Phi) is 13.0. The molecule has 58 heavy (non-hydrogen) atoms. The van der Waals surface area contributed by atoms with Crippen molar-refractivity contribution >= 4 is 70.1 Å². The largest absolute Gasteiger partial charge is 0.365 e. The van der Waals surface area contributed by atoms with Gasteiger partial charge in [0.2, 0.25) is 11.8 Å². The Morgan fingerprint density at radius 2 is 0.828 bits per heavy atom. The van der Waals surface area contributed by atoms with E-state index in [4.69, 9.17) is 11.5 Å². The third-order valence-electron chi connectivity index (χ3n) is 8.01. The van der Waals surface area contributed by atoms with Crippen LogP contribution < -0.4 is 43.4 Å². The molecule has 6 rings (SSSR count). The molecule has 8 amide bonds. The highest BCUT2D eigenvalue weighted by Gasteiger charge is 2.20. The summed E-state index contributed by atoms with van der Waals surface area (Å²) in [4.78, 5) is 75.9. The van der Waals surface area contributed by atoms with E-state index in [-0.39, 0.29) is 46.0 Å². The molecule has 0 saturated heterocycles. The summed E-state index contributed by atoms with van der Waals surface area (Å²) in [5.41, 5.74) is 14.5. The molecule has 12 N–H and O–H groups in total. The van der Waals surface area contributed by atoms with Gasteiger partial charge in [-0.3, -0.25) is 19.2 Å². The van der Waals surface area contributed by atoms with E-state index < -0.39 is 35.5 Å². The average molecular weight is 791 g/mol. The van der Waals surface area contributed by atoms with E-state index in [0.29, 0.717) is 33.6 Å². The van der Waals surface area contributed by atoms with E-state index in [0.717, 1.165) is 0 Å². The standard InChI is InChI=1S/2C20H18FN5O3/c2*1-11(27)24-19-17(18(22)28)14(10-23-19)12-6-8-13(9-7-12)25-20(29)26-16-5-3-2-4-15(16)21/h2*2-10,23H,1H3,(H2,22,28)(H,24,27)(H2,25,26,29). The molecule has 18 heteroatoms. The number of carbonyl (C=O) groups excluding carboxylic acids is 6. The number of primary amides is 2. The number of nitrogens with one attached hydrogen (secondary N) is 8. The molecule has 2 heterocycles. The Labute approximate surface area is 328 Å². The van der Waals surface area contributed by atoms with Crippen molar-refractivity contribution in [2.45, 2.75) is 13.8 Å². The molecule has 0 atom stereocenters. The van der Waals surface area contributed by atoms with E-state index in [1.165, 1.54) is 50.2 Å². The predicted octanol–water partition coefficient (Wildman–Crippen LogP) is 7.04.